The maximum atomic E-state index is 7.30. The van der Waals surface area contributed by atoms with Gasteiger partial charge in [0.05, 0.1) is 5.52 Å². The summed E-state index contributed by atoms with van der Waals surface area (Å²) in [6, 6.07) is 25.6. The van der Waals surface area contributed by atoms with Crippen LogP contribution in [0.15, 0.2) is 72.8 Å². The summed E-state index contributed by atoms with van der Waals surface area (Å²) in [5, 5.41) is 8.96. The second-order valence-corrected chi connectivity index (χ2v) is 9.77. The zero-order chi connectivity index (χ0) is 24.5. The maximum Gasteiger partial charge on any atom is 0.164 e. The molecule has 4 heteroatoms. The normalized spacial score (nSPS) is 13.2. The Kier molecular flexibility index (Phi) is 8.70. The Balaban J connectivity index is 1.62. The molecule has 0 aliphatic heterocycles. The molecule has 3 aromatic carbocycles. The molecule has 0 aliphatic carbocycles. The van der Waals surface area contributed by atoms with Crippen molar-refractivity contribution in [3.8, 4) is 0 Å². The molecule has 4 aromatic rings. The Hall–Kier alpha value is -2.98. The molecule has 35 heavy (non-hydrogen) atoms. The van der Waals surface area contributed by atoms with Gasteiger partial charge in [0.15, 0.2) is 5.66 Å². The molecule has 0 fully saturated rings. The Morgan fingerprint density at radius 2 is 1.20 bits per heavy atom. The van der Waals surface area contributed by atoms with Gasteiger partial charge in [0, 0.05) is 0 Å². The fraction of sp³-hybridized carbons (Fsp3) is 0.419. The van der Waals surface area contributed by atoms with E-state index in [1.807, 2.05) is 28.9 Å². The molecule has 0 aliphatic rings. The van der Waals surface area contributed by atoms with Crippen LogP contribution in [0.2, 0.25) is 0 Å². The number of aromatic nitrogens is 3. The van der Waals surface area contributed by atoms with Gasteiger partial charge < -0.3 is 0 Å². The molecule has 0 bridgehead atoms. The van der Waals surface area contributed by atoms with Crippen LogP contribution in [0.25, 0.3) is 11.0 Å². The number of nitrogens with two attached hydrogens (primary N) is 1. The minimum Gasteiger partial charge on any atom is -0.299 e. The summed E-state index contributed by atoms with van der Waals surface area (Å²) in [5.74, 6) is 0. The second-order valence-electron chi connectivity index (χ2n) is 9.77. The molecule has 0 saturated carbocycles. The van der Waals surface area contributed by atoms with Gasteiger partial charge in [0.1, 0.15) is 5.52 Å². The smallest absolute Gasteiger partial charge is 0.164 e. The van der Waals surface area contributed by atoms with Gasteiger partial charge >= 0.3 is 0 Å². The van der Waals surface area contributed by atoms with E-state index in [2.05, 4.69) is 72.7 Å². The van der Waals surface area contributed by atoms with Crippen LogP contribution in [0.1, 0.15) is 87.5 Å². The first-order chi connectivity index (χ1) is 17.2. The summed E-state index contributed by atoms with van der Waals surface area (Å²) >= 11 is 0. The molecule has 1 unspecified atom stereocenters. The van der Waals surface area contributed by atoms with Crippen molar-refractivity contribution in [2.24, 2.45) is 5.73 Å². The quantitative estimate of drug-likeness (QED) is 0.208. The zero-order valence-corrected chi connectivity index (χ0v) is 21.4. The maximum absolute atomic E-state index is 7.30. The van der Waals surface area contributed by atoms with Crippen LogP contribution in [-0.2, 0) is 18.5 Å². The van der Waals surface area contributed by atoms with E-state index in [1.165, 1.54) is 62.5 Å². The molecule has 4 nitrogen and oxygen atoms in total. The van der Waals surface area contributed by atoms with Gasteiger partial charge in [-0.15, -0.1) is 5.10 Å². The van der Waals surface area contributed by atoms with Crippen LogP contribution >= 0.6 is 0 Å². The van der Waals surface area contributed by atoms with E-state index in [1.54, 1.807) is 0 Å². The standard InChI is InChI=1S/C31H40N4/c1-3-5-7-8-9-10-14-26-19-23-28(24-20-26)31(32,27-21-17-25(18-22-27)13-6-4-2)35-30-16-12-11-15-29(30)33-34-35/h11-12,15-24H,3-10,13-14,32H2,1-2H3. The summed E-state index contributed by atoms with van der Waals surface area (Å²) in [7, 11) is 0. The lowest BCUT2D eigenvalue weighted by molar-refractivity contribution is 0.404. The van der Waals surface area contributed by atoms with Gasteiger partial charge in [0.25, 0.3) is 0 Å². The average Bonchev–Trinajstić information content (AvgIpc) is 3.34. The van der Waals surface area contributed by atoms with E-state index in [0.29, 0.717) is 0 Å². The fourth-order valence-corrected chi connectivity index (χ4v) is 4.88. The molecule has 4 rings (SSSR count). The highest BCUT2D eigenvalue weighted by Crippen LogP contribution is 2.32. The predicted molar refractivity (Wildman–Crippen MR) is 146 cm³/mol. The molecular formula is C31H40N4. The van der Waals surface area contributed by atoms with Crippen LogP contribution in [0.5, 0.6) is 0 Å². The summed E-state index contributed by atoms with van der Waals surface area (Å²) in [6.45, 7) is 4.49. The molecule has 1 aromatic heterocycles. The van der Waals surface area contributed by atoms with Crippen LogP contribution in [0.4, 0.5) is 0 Å². The number of fused-ring (bicyclic) bond motifs is 1. The van der Waals surface area contributed by atoms with E-state index in [-0.39, 0.29) is 0 Å². The Bertz CT molecular complexity index is 1180. The number of hydrogen-bond donors (Lipinski definition) is 1. The number of para-hydroxylation sites is 1. The minimum atomic E-state index is -0.946. The number of benzene rings is 3. The SMILES string of the molecule is CCCCCCCCc1ccc(C(N)(c2ccc(CCCC)cc2)n2nnc3ccccc32)cc1. The molecule has 1 heterocycles. The first-order valence-electron chi connectivity index (χ1n) is 13.5. The molecular weight excluding hydrogens is 428 g/mol. The van der Waals surface area contributed by atoms with Crippen molar-refractivity contribution in [1.82, 2.24) is 15.0 Å². The number of nitrogens with zero attached hydrogens (tertiary/aromatic N) is 3. The highest BCUT2D eigenvalue weighted by atomic mass is 15.5. The highest BCUT2D eigenvalue weighted by molar-refractivity contribution is 5.74. The van der Waals surface area contributed by atoms with Gasteiger partial charge in [0.2, 0.25) is 0 Å². The van der Waals surface area contributed by atoms with Gasteiger partial charge in [-0.1, -0.05) is 118 Å². The van der Waals surface area contributed by atoms with Crippen molar-refractivity contribution >= 4 is 11.0 Å². The first-order valence-corrected chi connectivity index (χ1v) is 13.5. The lowest BCUT2D eigenvalue weighted by Crippen LogP contribution is -2.46. The molecule has 0 radical (unpaired) electrons. The van der Waals surface area contributed by atoms with E-state index in [0.717, 1.165) is 35.0 Å². The van der Waals surface area contributed by atoms with Crippen LogP contribution in [-0.4, -0.2) is 15.0 Å². The summed E-state index contributed by atoms with van der Waals surface area (Å²) in [4.78, 5) is 0. The van der Waals surface area contributed by atoms with Crippen molar-refractivity contribution < 1.29 is 0 Å². The van der Waals surface area contributed by atoms with Crippen molar-refractivity contribution in [2.75, 3.05) is 0 Å². The third-order valence-corrected chi connectivity index (χ3v) is 7.11. The third kappa shape index (κ3) is 5.82. The van der Waals surface area contributed by atoms with E-state index in [4.69, 9.17) is 5.73 Å². The lowest BCUT2D eigenvalue weighted by Gasteiger charge is -2.31. The van der Waals surface area contributed by atoms with Crippen LogP contribution in [0, 0.1) is 0 Å². The Morgan fingerprint density at radius 3 is 1.83 bits per heavy atom. The largest absolute Gasteiger partial charge is 0.299 e. The van der Waals surface area contributed by atoms with E-state index in [9.17, 15) is 0 Å². The van der Waals surface area contributed by atoms with Crippen molar-refractivity contribution in [1.29, 1.82) is 0 Å². The van der Waals surface area contributed by atoms with Crippen molar-refractivity contribution in [3.05, 3.63) is 95.1 Å². The van der Waals surface area contributed by atoms with Crippen molar-refractivity contribution in [2.45, 2.75) is 83.7 Å². The molecule has 0 amide bonds. The second kappa shape index (κ2) is 12.1. The van der Waals surface area contributed by atoms with Gasteiger partial charge in [-0.25, -0.2) is 4.68 Å². The van der Waals surface area contributed by atoms with Gasteiger partial charge in [-0.2, -0.15) is 0 Å². The lowest BCUT2D eigenvalue weighted by atomic mass is 9.89. The summed E-state index contributed by atoms with van der Waals surface area (Å²) < 4.78 is 1.88. The minimum absolute atomic E-state index is 0.849. The Labute approximate surface area is 210 Å². The first kappa shape index (κ1) is 25.1. The zero-order valence-electron chi connectivity index (χ0n) is 21.4. The highest BCUT2D eigenvalue weighted by Gasteiger charge is 2.34. The summed E-state index contributed by atoms with van der Waals surface area (Å²) in [5.41, 5.74) is 12.9. The van der Waals surface area contributed by atoms with Gasteiger partial charge in [-0.05, 0) is 60.1 Å². The topological polar surface area (TPSA) is 56.7 Å². The Morgan fingerprint density at radius 1 is 0.657 bits per heavy atom. The van der Waals surface area contributed by atoms with Crippen LogP contribution < -0.4 is 5.73 Å². The molecule has 0 saturated heterocycles. The molecule has 1 atom stereocenters. The number of aryl methyl sites for hydroxylation is 2. The third-order valence-electron chi connectivity index (χ3n) is 7.11. The van der Waals surface area contributed by atoms with E-state index >= 15 is 0 Å². The van der Waals surface area contributed by atoms with Crippen LogP contribution in [0.3, 0.4) is 0 Å². The average molecular weight is 469 g/mol. The molecule has 184 valence electrons. The molecule has 2 N–H and O–H groups in total. The molecule has 0 spiro atoms. The number of hydrogen-bond acceptors (Lipinski definition) is 3. The monoisotopic (exact) mass is 468 g/mol. The van der Waals surface area contributed by atoms with E-state index < -0.39 is 5.66 Å². The number of unbranched alkanes of at least 4 members (excludes halogenated alkanes) is 6. The van der Waals surface area contributed by atoms with Gasteiger partial charge in [-0.3, -0.25) is 5.73 Å². The number of rotatable bonds is 13. The summed E-state index contributed by atoms with van der Waals surface area (Å²) in [6.07, 6.45) is 12.5. The predicted octanol–water partition coefficient (Wildman–Crippen LogP) is 7.39. The fourth-order valence-electron chi connectivity index (χ4n) is 4.88. The van der Waals surface area contributed by atoms with Crippen molar-refractivity contribution in [3.63, 3.8) is 0 Å².